The Bertz CT molecular complexity index is 1290. The first-order valence-corrected chi connectivity index (χ1v) is 13.0. The molecule has 2 saturated carbocycles. The number of hydrogen-bond acceptors (Lipinski definition) is 7. The lowest BCUT2D eigenvalue weighted by atomic mass is 9.80. The van der Waals surface area contributed by atoms with E-state index in [2.05, 4.69) is 15.0 Å². The van der Waals surface area contributed by atoms with Gasteiger partial charge in [0.1, 0.15) is 23.0 Å². The van der Waals surface area contributed by atoms with Crippen molar-refractivity contribution in [3.05, 3.63) is 59.5 Å². The standard InChI is InChI=1S/C28H29F2N3O5/c29-28(30)37-23-4-2-1-3-21(23)25-22(26(38-32-25)16-5-6-16)15-36-20-9-7-18-13-33(14-19(18)11-20)24-10-8-17(12-31-24)27(34)35/h1-4,8,10,12,16,18-20,28H,5-7,9,11,13-15H2,(H,34,35)/t18-,19+,20+/m0/s1. The Morgan fingerprint density at radius 2 is 1.92 bits per heavy atom. The van der Waals surface area contributed by atoms with Gasteiger partial charge in [0.15, 0.2) is 0 Å². The zero-order valence-electron chi connectivity index (χ0n) is 20.8. The minimum absolute atomic E-state index is 0.0657. The molecule has 0 amide bonds. The van der Waals surface area contributed by atoms with Crippen LogP contribution in [0.2, 0.25) is 0 Å². The van der Waals surface area contributed by atoms with Crippen molar-refractivity contribution >= 4 is 11.8 Å². The molecule has 2 aliphatic carbocycles. The molecule has 0 spiro atoms. The van der Waals surface area contributed by atoms with E-state index in [9.17, 15) is 13.6 Å². The number of carboxylic acids is 1. The Hall–Kier alpha value is -3.53. The molecule has 8 nitrogen and oxygen atoms in total. The highest BCUT2D eigenvalue weighted by molar-refractivity contribution is 5.87. The number of halogens is 2. The number of carbonyl (C=O) groups is 1. The average molecular weight is 526 g/mol. The third-order valence-electron chi connectivity index (χ3n) is 7.91. The molecular formula is C28H29F2N3O5. The Kier molecular flexibility index (Phi) is 6.73. The molecule has 3 atom stereocenters. The van der Waals surface area contributed by atoms with Gasteiger partial charge in [0.05, 0.1) is 18.3 Å². The van der Waals surface area contributed by atoms with E-state index in [-0.39, 0.29) is 23.3 Å². The highest BCUT2D eigenvalue weighted by atomic mass is 19.3. The second-order valence-electron chi connectivity index (χ2n) is 10.4. The number of fused-ring (bicyclic) bond motifs is 1. The number of ether oxygens (including phenoxy) is 2. The predicted molar refractivity (Wildman–Crippen MR) is 133 cm³/mol. The van der Waals surface area contributed by atoms with Gasteiger partial charge in [-0.25, -0.2) is 9.78 Å². The summed E-state index contributed by atoms with van der Waals surface area (Å²) in [6.07, 6.45) is 6.40. The van der Waals surface area contributed by atoms with Crippen LogP contribution in [0.5, 0.6) is 5.75 Å². The molecule has 6 rings (SSSR count). The summed E-state index contributed by atoms with van der Waals surface area (Å²) in [7, 11) is 0. The molecule has 200 valence electrons. The molecule has 3 aliphatic rings. The van der Waals surface area contributed by atoms with Gasteiger partial charge in [0.2, 0.25) is 0 Å². The minimum atomic E-state index is -2.93. The van der Waals surface area contributed by atoms with Crippen molar-refractivity contribution in [3.63, 3.8) is 0 Å². The number of carboxylic acid groups (broad SMARTS) is 1. The Morgan fingerprint density at radius 3 is 2.66 bits per heavy atom. The van der Waals surface area contributed by atoms with Crippen molar-refractivity contribution in [3.8, 4) is 17.0 Å². The second kappa shape index (κ2) is 10.3. The van der Waals surface area contributed by atoms with Crippen LogP contribution in [-0.2, 0) is 11.3 Å². The van der Waals surface area contributed by atoms with Crippen molar-refractivity contribution in [1.82, 2.24) is 10.1 Å². The normalized spacial score (nSPS) is 23.0. The van der Waals surface area contributed by atoms with Crippen LogP contribution >= 0.6 is 0 Å². The van der Waals surface area contributed by atoms with Crippen molar-refractivity contribution in [1.29, 1.82) is 0 Å². The molecule has 3 aromatic rings. The number of rotatable bonds is 9. The summed E-state index contributed by atoms with van der Waals surface area (Å²) >= 11 is 0. The predicted octanol–water partition coefficient (Wildman–Crippen LogP) is 5.74. The summed E-state index contributed by atoms with van der Waals surface area (Å²) in [6.45, 7) is -0.873. The fourth-order valence-electron chi connectivity index (χ4n) is 5.83. The van der Waals surface area contributed by atoms with Crippen LogP contribution in [0, 0.1) is 11.8 Å². The van der Waals surface area contributed by atoms with Gasteiger partial charge < -0.3 is 24.0 Å². The molecule has 10 heteroatoms. The molecule has 0 unspecified atom stereocenters. The number of aromatic carboxylic acids is 1. The number of hydrogen-bond donors (Lipinski definition) is 1. The summed E-state index contributed by atoms with van der Waals surface area (Å²) in [5, 5.41) is 13.4. The molecule has 2 aromatic heterocycles. The van der Waals surface area contributed by atoms with E-state index in [1.807, 2.05) is 0 Å². The second-order valence-corrected chi connectivity index (χ2v) is 10.4. The number of alkyl halides is 2. The summed E-state index contributed by atoms with van der Waals surface area (Å²) in [4.78, 5) is 17.7. The Morgan fingerprint density at radius 1 is 1.11 bits per heavy atom. The first-order valence-electron chi connectivity index (χ1n) is 13.0. The third-order valence-corrected chi connectivity index (χ3v) is 7.91. The molecule has 1 N–H and O–H groups in total. The smallest absolute Gasteiger partial charge is 0.387 e. The van der Waals surface area contributed by atoms with E-state index >= 15 is 0 Å². The zero-order valence-corrected chi connectivity index (χ0v) is 20.8. The molecule has 38 heavy (non-hydrogen) atoms. The number of pyridine rings is 1. The summed E-state index contributed by atoms with van der Waals surface area (Å²) in [5.74, 6) is 1.96. The SMILES string of the molecule is O=C(O)c1ccc(N2C[C@H]3C[C@H](OCc4c(-c5ccccc5OC(F)F)noc4C4CC4)CC[C@H]3C2)nc1. The quantitative estimate of drug-likeness (QED) is 0.378. The van der Waals surface area contributed by atoms with Crippen molar-refractivity contribution in [2.75, 3.05) is 18.0 Å². The topological polar surface area (TPSA) is 97.9 Å². The largest absolute Gasteiger partial charge is 0.478 e. The maximum absolute atomic E-state index is 13.0. The Balaban J connectivity index is 1.14. The van der Waals surface area contributed by atoms with Crippen LogP contribution in [0.3, 0.4) is 0 Å². The minimum Gasteiger partial charge on any atom is -0.478 e. The van der Waals surface area contributed by atoms with Crippen LogP contribution < -0.4 is 9.64 Å². The first-order chi connectivity index (χ1) is 18.5. The van der Waals surface area contributed by atoms with E-state index < -0.39 is 12.6 Å². The number of para-hydroxylation sites is 1. The lowest BCUT2D eigenvalue weighted by molar-refractivity contribution is -0.0494. The maximum atomic E-state index is 13.0. The fraction of sp³-hybridized carbons (Fsp3) is 0.464. The molecule has 0 bridgehead atoms. The average Bonchev–Trinajstić information content (AvgIpc) is 3.53. The summed E-state index contributed by atoms with van der Waals surface area (Å²) in [6, 6.07) is 10.0. The van der Waals surface area contributed by atoms with Crippen molar-refractivity contribution in [2.24, 2.45) is 11.8 Å². The maximum Gasteiger partial charge on any atom is 0.387 e. The highest BCUT2D eigenvalue weighted by Crippen LogP contribution is 2.46. The highest BCUT2D eigenvalue weighted by Gasteiger charge is 2.39. The van der Waals surface area contributed by atoms with Crippen LogP contribution in [0.25, 0.3) is 11.3 Å². The van der Waals surface area contributed by atoms with Gasteiger partial charge in [0, 0.05) is 36.3 Å². The van der Waals surface area contributed by atoms with Gasteiger partial charge in [0.25, 0.3) is 0 Å². The first kappa shape index (κ1) is 24.8. The van der Waals surface area contributed by atoms with Crippen LogP contribution in [0.1, 0.15) is 59.7 Å². The molecule has 0 radical (unpaired) electrons. The van der Waals surface area contributed by atoms with Gasteiger partial charge in [-0.3, -0.25) is 0 Å². The lowest BCUT2D eigenvalue weighted by Gasteiger charge is -2.30. The number of nitrogens with zero attached hydrogens (tertiary/aromatic N) is 3. The zero-order chi connectivity index (χ0) is 26.2. The van der Waals surface area contributed by atoms with Gasteiger partial charge in [-0.05, 0) is 68.2 Å². The molecule has 1 saturated heterocycles. The van der Waals surface area contributed by atoms with Crippen LogP contribution in [0.15, 0.2) is 47.1 Å². The molecule has 3 fully saturated rings. The fourth-order valence-corrected chi connectivity index (χ4v) is 5.83. The van der Waals surface area contributed by atoms with E-state index in [0.29, 0.717) is 29.7 Å². The van der Waals surface area contributed by atoms with Gasteiger partial charge in [-0.2, -0.15) is 8.78 Å². The van der Waals surface area contributed by atoms with Crippen LogP contribution in [0.4, 0.5) is 14.6 Å². The van der Waals surface area contributed by atoms with Crippen molar-refractivity contribution in [2.45, 2.75) is 57.3 Å². The number of benzene rings is 1. The van der Waals surface area contributed by atoms with E-state index in [1.165, 1.54) is 12.3 Å². The van der Waals surface area contributed by atoms with Crippen molar-refractivity contribution < 1.29 is 32.7 Å². The van der Waals surface area contributed by atoms with Gasteiger partial charge >= 0.3 is 12.6 Å². The molecular weight excluding hydrogens is 496 g/mol. The molecule has 1 aliphatic heterocycles. The Labute approximate surface area is 218 Å². The number of anilines is 1. The van der Waals surface area contributed by atoms with Crippen LogP contribution in [-0.4, -0.2) is 47.0 Å². The lowest BCUT2D eigenvalue weighted by Crippen LogP contribution is -2.28. The van der Waals surface area contributed by atoms with E-state index in [0.717, 1.165) is 62.3 Å². The van der Waals surface area contributed by atoms with E-state index in [4.69, 9.17) is 19.1 Å². The van der Waals surface area contributed by atoms with Gasteiger partial charge in [-0.1, -0.05) is 17.3 Å². The monoisotopic (exact) mass is 525 g/mol. The summed E-state index contributed by atoms with van der Waals surface area (Å²) in [5.41, 5.74) is 1.97. The van der Waals surface area contributed by atoms with Gasteiger partial charge in [-0.15, -0.1) is 0 Å². The molecule has 3 heterocycles. The summed E-state index contributed by atoms with van der Waals surface area (Å²) < 4.78 is 42.9. The number of aromatic nitrogens is 2. The van der Waals surface area contributed by atoms with E-state index in [1.54, 1.807) is 30.3 Å². The molecule has 1 aromatic carbocycles. The third kappa shape index (κ3) is 5.09.